The van der Waals surface area contributed by atoms with Gasteiger partial charge in [0.2, 0.25) is 0 Å². The molecule has 0 aliphatic carbocycles. The quantitative estimate of drug-likeness (QED) is 0.805. The van der Waals surface area contributed by atoms with E-state index in [1.165, 1.54) is 6.20 Å². The summed E-state index contributed by atoms with van der Waals surface area (Å²) in [7, 11) is 0. The van der Waals surface area contributed by atoms with Gasteiger partial charge in [-0.15, -0.1) is 0 Å². The molecule has 7 heteroatoms. The number of halogens is 2. The number of carboxylic acids is 1. The summed E-state index contributed by atoms with van der Waals surface area (Å²) in [5.41, 5.74) is -0.337. The predicted molar refractivity (Wildman–Crippen MR) is 78.1 cm³/mol. The second-order valence-corrected chi connectivity index (χ2v) is 6.49. The van der Waals surface area contributed by atoms with E-state index < -0.39 is 11.5 Å². The summed E-state index contributed by atoms with van der Waals surface area (Å²) in [5.74, 6) is -1.22. The van der Waals surface area contributed by atoms with Gasteiger partial charge in [-0.05, 0) is 58.2 Å². The lowest BCUT2D eigenvalue weighted by molar-refractivity contribution is -0.137. The Morgan fingerprint density at radius 1 is 1.42 bits per heavy atom. The van der Waals surface area contributed by atoms with E-state index in [0.29, 0.717) is 10.9 Å². The smallest absolute Gasteiger partial charge is 0.303 e. The average molecular weight is 394 g/mol. The summed E-state index contributed by atoms with van der Waals surface area (Å²) >= 11 is 6.53. The molecule has 1 heterocycles. The predicted octanol–water partition coefficient (Wildman–Crippen LogP) is 2.98. The third-order valence-corrected chi connectivity index (χ3v) is 3.48. The Balaban J connectivity index is 2.75. The number of amides is 1. The van der Waals surface area contributed by atoms with E-state index in [1.54, 1.807) is 19.9 Å². The van der Waals surface area contributed by atoms with Crippen LogP contribution in [0.5, 0.6) is 0 Å². The highest BCUT2D eigenvalue weighted by Gasteiger charge is 2.23. The molecular formula is C12H14Br2N2O3. The third kappa shape index (κ3) is 5.28. The van der Waals surface area contributed by atoms with Crippen LogP contribution in [0.1, 0.15) is 37.2 Å². The minimum atomic E-state index is -0.884. The van der Waals surface area contributed by atoms with Crippen LogP contribution >= 0.6 is 31.9 Å². The van der Waals surface area contributed by atoms with Crippen molar-refractivity contribution in [2.75, 3.05) is 0 Å². The lowest BCUT2D eigenvalue weighted by atomic mass is 9.98. The summed E-state index contributed by atoms with van der Waals surface area (Å²) < 4.78 is 1.34. The Labute approximate surface area is 128 Å². The average Bonchev–Trinajstić information content (AvgIpc) is 2.25. The molecule has 0 aliphatic rings. The van der Waals surface area contributed by atoms with Crippen molar-refractivity contribution in [2.45, 2.75) is 32.2 Å². The molecule has 19 heavy (non-hydrogen) atoms. The fraction of sp³-hybridized carbons (Fsp3) is 0.417. The Kier molecular flexibility index (Phi) is 5.49. The molecule has 0 spiro atoms. The molecule has 0 saturated heterocycles. The number of pyridine rings is 1. The molecule has 0 aliphatic heterocycles. The lowest BCUT2D eigenvalue weighted by Crippen LogP contribution is -2.44. The van der Waals surface area contributed by atoms with Gasteiger partial charge in [-0.25, -0.2) is 4.98 Å². The van der Waals surface area contributed by atoms with Crippen molar-refractivity contribution >= 4 is 43.7 Å². The van der Waals surface area contributed by atoms with E-state index >= 15 is 0 Å². The molecule has 5 nitrogen and oxygen atoms in total. The highest BCUT2D eigenvalue weighted by atomic mass is 79.9. The van der Waals surface area contributed by atoms with Crippen LogP contribution in [0.15, 0.2) is 21.2 Å². The normalized spacial score (nSPS) is 11.2. The monoisotopic (exact) mass is 392 g/mol. The van der Waals surface area contributed by atoms with Gasteiger partial charge in [-0.3, -0.25) is 9.59 Å². The molecule has 0 unspecified atom stereocenters. The van der Waals surface area contributed by atoms with Crippen molar-refractivity contribution < 1.29 is 14.7 Å². The zero-order valence-corrected chi connectivity index (χ0v) is 13.7. The van der Waals surface area contributed by atoms with Crippen LogP contribution in [0.25, 0.3) is 0 Å². The van der Waals surface area contributed by atoms with Crippen LogP contribution in [0.3, 0.4) is 0 Å². The maximum absolute atomic E-state index is 12.1. The number of aromatic nitrogens is 1. The highest BCUT2D eigenvalue weighted by molar-refractivity contribution is 9.11. The number of carbonyl (C=O) groups is 2. The van der Waals surface area contributed by atoms with Crippen LogP contribution in [-0.4, -0.2) is 27.5 Å². The lowest BCUT2D eigenvalue weighted by Gasteiger charge is -2.25. The number of nitrogens with one attached hydrogen (secondary N) is 1. The number of carbonyl (C=O) groups excluding carboxylic acids is 1. The van der Waals surface area contributed by atoms with Crippen molar-refractivity contribution in [3.05, 3.63) is 26.9 Å². The molecule has 1 amide bonds. The van der Waals surface area contributed by atoms with Crippen LogP contribution < -0.4 is 5.32 Å². The summed E-state index contributed by atoms with van der Waals surface area (Å²) in [6.45, 7) is 3.56. The standard InChI is InChI=1S/C12H14Br2N2O3/c1-12(2,4-3-9(17)18)16-11(19)10-8(14)5-7(13)6-15-10/h5-6H,3-4H2,1-2H3,(H,16,19)(H,17,18). The molecule has 2 N–H and O–H groups in total. The van der Waals surface area contributed by atoms with Gasteiger partial charge in [0, 0.05) is 22.6 Å². The van der Waals surface area contributed by atoms with Gasteiger partial charge in [0.25, 0.3) is 5.91 Å². The van der Waals surface area contributed by atoms with E-state index in [0.717, 1.165) is 4.47 Å². The van der Waals surface area contributed by atoms with Gasteiger partial charge in [-0.1, -0.05) is 0 Å². The van der Waals surface area contributed by atoms with Crippen molar-refractivity contribution in [1.82, 2.24) is 10.3 Å². The third-order valence-electron chi connectivity index (χ3n) is 2.44. The number of hydrogen-bond acceptors (Lipinski definition) is 3. The summed E-state index contributed by atoms with van der Waals surface area (Å²) in [6.07, 6.45) is 1.88. The van der Waals surface area contributed by atoms with E-state index in [1.807, 2.05) is 0 Å². The first-order chi connectivity index (χ1) is 8.71. The first-order valence-corrected chi connectivity index (χ1v) is 7.15. The summed E-state index contributed by atoms with van der Waals surface area (Å²) in [6, 6.07) is 1.73. The zero-order valence-electron chi connectivity index (χ0n) is 10.5. The minimum absolute atomic E-state index is 0.00220. The molecule has 0 atom stereocenters. The first kappa shape index (κ1) is 16.1. The summed E-state index contributed by atoms with van der Waals surface area (Å²) in [4.78, 5) is 26.7. The first-order valence-electron chi connectivity index (χ1n) is 5.56. The Bertz CT molecular complexity index is 504. The maximum atomic E-state index is 12.1. The molecule has 0 radical (unpaired) electrons. The minimum Gasteiger partial charge on any atom is -0.481 e. The number of hydrogen-bond donors (Lipinski definition) is 2. The second-order valence-electron chi connectivity index (χ2n) is 4.72. The molecular weight excluding hydrogens is 380 g/mol. The SMILES string of the molecule is CC(C)(CCC(=O)O)NC(=O)c1ncc(Br)cc1Br. The van der Waals surface area contributed by atoms with Gasteiger partial charge in [0.1, 0.15) is 5.69 Å². The van der Waals surface area contributed by atoms with Crippen molar-refractivity contribution in [2.24, 2.45) is 0 Å². The van der Waals surface area contributed by atoms with E-state index in [9.17, 15) is 9.59 Å². The molecule has 1 aromatic rings. The number of carboxylic acid groups (broad SMARTS) is 1. The van der Waals surface area contributed by atoms with E-state index in [4.69, 9.17) is 5.11 Å². The van der Waals surface area contributed by atoms with Crippen molar-refractivity contribution in [3.63, 3.8) is 0 Å². The van der Waals surface area contributed by atoms with Gasteiger partial charge in [0.05, 0.1) is 4.47 Å². The Hall–Kier alpha value is -0.950. The van der Waals surface area contributed by atoms with Crippen molar-refractivity contribution in [1.29, 1.82) is 0 Å². The van der Waals surface area contributed by atoms with Crippen molar-refractivity contribution in [3.8, 4) is 0 Å². The topological polar surface area (TPSA) is 79.3 Å². The fourth-order valence-corrected chi connectivity index (χ4v) is 2.60. The molecule has 1 rings (SSSR count). The zero-order chi connectivity index (χ0) is 14.6. The van der Waals surface area contributed by atoms with Crippen LogP contribution in [0.4, 0.5) is 0 Å². The second kappa shape index (κ2) is 6.47. The van der Waals surface area contributed by atoms with Crippen LogP contribution in [0.2, 0.25) is 0 Å². The van der Waals surface area contributed by atoms with E-state index in [-0.39, 0.29) is 18.0 Å². The molecule has 0 bridgehead atoms. The number of nitrogens with zero attached hydrogens (tertiary/aromatic N) is 1. The van der Waals surface area contributed by atoms with Gasteiger partial charge >= 0.3 is 5.97 Å². The molecule has 0 fully saturated rings. The van der Waals surface area contributed by atoms with Gasteiger partial charge in [-0.2, -0.15) is 0 Å². The fourth-order valence-electron chi connectivity index (χ4n) is 1.43. The maximum Gasteiger partial charge on any atom is 0.303 e. The number of rotatable bonds is 5. The van der Waals surface area contributed by atoms with Crippen LogP contribution in [0, 0.1) is 0 Å². The molecule has 1 aromatic heterocycles. The van der Waals surface area contributed by atoms with Gasteiger partial charge < -0.3 is 10.4 Å². The molecule has 104 valence electrons. The Morgan fingerprint density at radius 3 is 2.58 bits per heavy atom. The van der Waals surface area contributed by atoms with Crippen LogP contribution in [-0.2, 0) is 4.79 Å². The highest BCUT2D eigenvalue weighted by Crippen LogP contribution is 2.20. The van der Waals surface area contributed by atoms with Gasteiger partial charge in [0.15, 0.2) is 0 Å². The molecule has 0 aromatic carbocycles. The van der Waals surface area contributed by atoms with E-state index in [2.05, 4.69) is 42.2 Å². The molecule has 0 saturated carbocycles. The largest absolute Gasteiger partial charge is 0.481 e. The Morgan fingerprint density at radius 2 is 2.05 bits per heavy atom. The summed E-state index contributed by atoms with van der Waals surface area (Å²) in [5, 5.41) is 11.4. The number of aliphatic carboxylic acids is 1.